The second-order valence-corrected chi connectivity index (χ2v) is 6.15. The molecule has 7 heteroatoms. The van der Waals surface area contributed by atoms with Gasteiger partial charge in [-0.25, -0.2) is 0 Å². The van der Waals surface area contributed by atoms with Crippen molar-refractivity contribution in [2.45, 2.75) is 19.8 Å². The Morgan fingerprint density at radius 3 is 2.56 bits per heavy atom. The molecule has 0 spiro atoms. The predicted octanol–water partition coefficient (Wildman–Crippen LogP) is 2.94. The number of hydrogen-bond donors (Lipinski definition) is 3. The van der Waals surface area contributed by atoms with Gasteiger partial charge in [-0.2, -0.15) is 0 Å². The van der Waals surface area contributed by atoms with Crippen LogP contribution in [0.25, 0.3) is 0 Å². The van der Waals surface area contributed by atoms with E-state index >= 15 is 0 Å². The number of benzene rings is 2. The Hall–Kier alpha value is -2.57. The number of carbonyl (C=O) groups excluding carboxylic acids is 2. The van der Waals surface area contributed by atoms with Crippen molar-refractivity contribution in [1.29, 1.82) is 0 Å². The van der Waals surface area contributed by atoms with Gasteiger partial charge in [0.05, 0.1) is 11.3 Å². The fraction of sp³-hybridized carbons (Fsp3) is 0.300. The second-order valence-electron chi connectivity index (χ2n) is 6.15. The van der Waals surface area contributed by atoms with Crippen molar-refractivity contribution in [3.05, 3.63) is 59.7 Å². The van der Waals surface area contributed by atoms with E-state index in [1.54, 1.807) is 24.3 Å². The second kappa shape index (κ2) is 11.2. The first kappa shape index (κ1) is 22.5. The van der Waals surface area contributed by atoms with Crippen LogP contribution >= 0.6 is 12.4 Å². The number of ether oxygens (including phenoxy) is 1. The van der Waals surface area contributed by atoms with Crippen LogP contribution in [0.4, 0.5) is 5.69 Å². The Morgan fingerprint density at radius 1 is 1.11 bits per heavy atom. The van der Waals surface area contributed by atoms with Crippen molar-refractivity contribution in [3.8, 4) is 5.75 Å². The fourth-order valence-electron chi connectivity index (χ4n) is 2.37. The van der Waals surface area contributed by atoms with Crippen molar-refractivity contribution >= 4 is 29.9 Å². The van der Waals surface area contributed by atoms with Crippen LogP contribution < -0.4 is 21.1 Å². The molecule has 0 saturated carbocycles. The number of amides is 2. The number of halogens is 1. The third-order valence-corrected chi connectivity index (χ3v) is 3.77. The van der Waals surface area contributed by atoms with Crippen molar-refractivity contribution in [2.24, 2.45) is 5.73 Å². The standard InChI is InChI=1S/C20H25N3O3.ClH/c1-14(2)15-6-5-7-16(12-15)26-13-19(24)23-18-9-4-3-8-17(18)20(25)22-11-10-21;/h3-9,12,14H,10-11,13,21H2,1-2H3,(H,22,25)(H,23,24);1H. The Balaban J connectivity index is 0.00000364. The first-order chi connectivity index (χ1) is 12.5. The van der Waals surface area contributed by atoms with Crippen molar-refractivity contribution in [1.82, 2.24) is 5.32 Å². The molecule has 4 N–H and O–H groups in total. The summed E-state index contributed by atoms with van der Waals surface area (Å²) in [6, 6.07) is 14.5. The van der Waals surface area contributed by atoms with E-state index in [0.29, 0.717) is 36.0 Å². The molecule has 0 bridgehead atoms. The molecule has 0 saturated heterocycles. The molecule has 0 fully saturated rings. The van der Waals surface area contributed by atoms with Gasteiger partial charge in [-0.05, 0) is 35.7 Å². The molecule has 2 aromatic rings. The molecule has 6 nitrogen and oxygen atoms in total. The molecule has 0 aliphatic carbocycles. The van der Waals surface area contributed by atoms with Gasteiger partial charge in [-0.1, -0.05) is 38.1 Å². The van der Waals surface area contributed by atoms with Crippen LogP contribution in [-0.2, 0) is 4.79 Å². The number of carbonyl (C=O) groups is 2. The Labute approximate surface area is 165 Å². The number of nitrogens with one attached hydrogen (secondary N) is 2. The van der Waals surface area contributed by atoms with Crippen LogP contribution in [0.1, 0.15) is 35.7 Å². The van der Waals surface area contributed by atoms with Gasteiger partial charge in [0.25, 0.3) is 11.8 Å². The van der Waals surface area contributed by atoms with Gasteiger partial charge in [0.2, 0.25) is 0 Å². The van der Waals surface area contributed by atoms with Crippen LogP contribution in [0.5, 0.6) is 5.75 Å². The average molecular weight is 392 g/mol. The molecule has 2 amide bonds. The molecule has 0 aliphatic rings. The third-order valence-electron chi connectivity index (χ3n) is 3.77. The molecule has 146 valence electrons. The average Bonchev–Trinajstić information content (AvgIpc) is 2.65. The molecule has 27 heavy (non-hydrogen) atoms. The quantitative estimate of drug-likeness (QED) is 0.644. The molecule has 2 rings (SSSR count). The van der Waals surface area contributed by atoms with E-state index in [9.17, 15) is 9.59 Å². The summed E-state index contributed by atoms with van der Waals surface area (Å²) in [4.78, 5) is 24.3. The smallest absolute Gasteiger partial charge is 0.262 e. The van der Waals surface area contributed by atoms with Gasteiger partial charge in [-0.15, -0.1) is 12.4 Å². The molecule has 0 heterocycles. The number of hydrogen-bond acceptors (Lipinski definition) is 4. The Morgan fingerprint density at radius 2 is 1.85 bits per heavy atom. The van der Waals surface area contributed by atoms with Crippen LogP contribution in [0.3, 0.4) is 0 Å². The zero-order chi connectivity index (χ0) is 18.9. The van der Waals surface area contributed by atoms with Crippen molar-refractivity contribution in [2.75, 3.05) is 25.0 Å². The molecule has 0 aromatic heterocycles. The van der Waals surface area contributed by atoms with Gasteiger partial charge in [0.1, 0.15) is 5.75 Å². The molecular formula is C20H26ClN3O3. The Kier molecular flexibility index (Phi) is 9.33. The highest BCUT2D eigenvalue weighted by Crippen LogP contribution is 2.20. The number of nitrogens with two attached hydrogens (primary N) is 1. The Bertz CT molecular complexity index is 766. The van der Waals surface area contributed by atoms with E-state index in [2.05, 4.69) is 24.5 Å². The molecule has 0 atom stereocenters. The minimum Gasteiger partial charge on any atom is -0.484 e. The topological polar surface area (TPSA) is 93.4 Å². The molecule has 0 aliphatic heterocycles. The minimum atomic E-state index is -0.334. The van der Waals surface area contributed by atoms with Gasteiger partial charge >= 0.3 is 0 Å². The predicted molar refractivity (Wildman–Crippen MR) is 110 cm³/mol. The SMILES string of the molecule is CC(C)c1cccc(OCC(=O)Nc2ccccc2C(=O)NCCN)c1.Cl. The molecule has 2 aromatic carbocycles. The summed E-state index contributed by atoms with van der Waals surface area (Å²) in [6.07, 6.45) is 0. The normalized spacial score (nSPS) is 10.1. The molecular weight excluding hydrogens is 366 g/mol. The lowest BCUT2D eigenvalue weighted by atomic mass is 10.0. The van der Waals surface area contributed by atoms with Crippen LogP contribution in [0, 0.1) is 0 Å². The summed E-state index contributed by atoms with van der Waals surface area (Å²) in [6.45, 7) is 4.77. The van der Waals surface area contributed by atoms with E-state index in [-0.39, 0.29) is 30.8 Å². The first-order valence-electron chi connectivity index (χ1n) is 8.61. The highest BCUT2D eigenvalue weighted by Gasteiger charge is 2.13. The van der Waals surface area contributed by atoms with Crippen molar-refractivity contribution in [3.63, 3.8) is 0 Å². The number of anilines is 1. The highest BCUT2D eigenvalue weighted by molar-refractivity contribution is 6.04. The summed E-state index contributed by atoms with van der Waals surface area (Å²) in [5.74, 6) is 0.405. The lowest BCUT2D eigenvalue weighted by Gasteiger charge is -2.12. The minimum absolute atomic E-state index is 0. The zero-order valence-electron chi connectivity index (χ0n) is 15.5. The fourth-order valence-corrected chi connectivity index (χ4v) is 2.37. The largest absolute Gasteiger partial charge is 0.484 e. The van der Waals surface area contributed by atoms with E-state index in [4.69, 9.17) is 10.5 Å². The van der Waals surface area contributed by atoms with E-state index in [1.807, 2.05) is 24.3 Å². The van der Waals surface area contributed by atoms with Crippen LogP contribution in [0.15, 0.2) is 48.5 Å². The lowest BCUT2D eigenvalue weighted by Crippen LogP contribution is -2.30. The first-order valence-corrected chi connectivity index (χ1v) is 8.61. The summed E-state index contributed by atoms with van der Waals surface area (Å²) >= 11 is 0. The van der Waals surface area contributed by atoms with Crippen LogP contribution in [0.2, 0.25) is 0 Å². The summed E-state index contributed by atoms with van der Waals surface area (Å²) in [5.41, 5.74) is 7.36. The van der Waals surface area contributed by atoms with Gasteiger partial charge in [-0.3, -0.25) is 9.59 Å². The maximum absolute atomic E-state index is 12.2. The van der Waals surface area contributed by atoms with Crippen molar-refractivity contribution < 1.29 is 14.3 Å². The number of rotatable bonds is 8. The maximum atomic E-state index is 12.2. The van der Waals surface area contributed by atoms with Gasteiger partial charge in [0, 0.05) is 13.1 Å². The van der Waals surface area contributed by atoms with Gasteiger partial charge in [0.15, 0.2) is 6.61 Å². The molecule has 0 radical (unpaired) electrons. The van der Waals surface area contributed by atoms with E-state index < -0.39 is 0 Å². The monoisotopic (exact) mass is 391 g/mol. The zero-order valence-corrected chi connectivity index (χ0v) is 16.3. The molecule has 0 unspecified atom stereocenters. The van der Waals surface area contributed by atoms with Crippen LogP contribution in [-0.4, -0.2) is 31.5 Å². The summed E-state index contributed by atoms with van der Waals surface area (Å²) in [7, 11) is 0. The van der Waals surface area contributed by atoms with Gasteiger partial charge < -0.3 is 21.1 Å². The summed E-state index contributed by atoms with van der Waals surface area (Å²) in [5, 5.41) is 5.41. The van der Waals surface area contributed by atoms with E-state index in [0.717, 1.165) is 5.56 Å². The summed E-state index contributed by atoms with van der Waals surface area (Å²) < 4.78 is 5.57. The number of para-hydroxylation sites is 1. The third kappa shape index (κ3) is 6.92. The lowest BCUT2D eigenvalue weighted by molar-refractivity contribution is -0.118. The van der Waals surface area contributed by atoms with E-state index in [1.165, 1.54) is 0 Å². The maximum Gasteiger partial charge on any atom is 0.262 e. The highest BCUT2D eigenvalue weighted by atomic mass is 35.5.